The molecule has 1 heterocycles. The monoisotopic (exact) mass is 276 g/mol. The third-order valence-corrected chi connectivity index (χ3v) is 4.03. The molecular formula is C13H25ClN2O2. The molecule has 0 aromatic heterocycles. The second kappa shape index (κ2) is 7.31. The predicted molar refractivity (Wildman–Crippen MR) is 73.8 cm³/mol. The molecule has 5 heteroatoms. The van der Waals surface area contributed by atoms with Crippen LogP contribution in [0.2, 0.25) is 0 Å². The van der Waals surface area contributed by atoms with Gasteiger partial charge < -0.3 is 15.4 Å². The summed E-state index contributed by atoms with van der Waals surface area (Å²) in [6, 6.07) is 0. The number of carbonyl (C=O) groups is 1. The molecule has 0 bridgehead atoms. The van der Waals surface area contributed by atoms with Crippen LogP contribution in [0.15, 0.2) is 0 Å². The summed E-state index contributed by atoms with van der Waals surface area (Å²) in [4.78, 5) is 14.0. The maximum atomic E-state index is 12.2. The van der Waals surface area contributed by atoms with E-state index in [0.29, 0.717) is 12.5 Å². The van der Waals surface area contributed by atoms with E-state index < -0.39 is 0 Å². The molecule has 1 saturated carbocycles. The first-order valence-corrected chi connectivity index (χ1v) is 6.81. The van der Waals surface area contributed by atoms with E-state index >= 15 is 0 Å². The van der Waals surface area contributed by atoms with Crippen molar-refractivity contribution < 1.29 is 9.53 Å². The second-order valence-corrected chi connectivity index (χ2v) is 5.43. The molecule has 2 rings (SSSR count). The van der Waals surface area contributed by atoms with Crippen LogP contribution < -0.4 is 5.73 Å². The topological polar surface area (TPSA) is 55.6 Å². The zero-order chi connectivity index (χ0) is 12.3. The number of ether oxygens (including phenoxy) is 1. The average molecular weight is 277 g/mol. The van der Waals surface area contributed by atoms with E-state index in [1.165, 1.54) is 25.7 Å². The van der Waals surface area contributed by atoms with E-state index in [2.05, 4.69) is 0 Å². The molecule has 2 atom stereocenters. The van der Waals surface area contributed by atoms with Crippen molar-refractivity contribution in [1.82, 2.24) is 4.90 Å². The molecule has 0 unspecified atom stereocenters. The van der Waals surface area contributed by atoms with Gasteiger partial charge in [0.2, 0.25) is 0 Å². The predicted octanol–water partition coefficient (Wildman–Crippen LogP) is 1.56. The van der Waals surface area contributed by atoms with Crippen molar-refractivity contribution in [2.24, 2.45) is 11.7 Å². The summed E-state index contributed by atoms with van der Waals surface area (Å²) in [5, 5.41) is 0. The lowest BCUT2D eigenvalue weighted by atomic mass is 10.1. The van der Waals surface area contributed by atoms with Crippen molar-refractivity contribution in [3.8, 4) is 0 Å². The molecule has 1 saturated heterocycles. The number of likely N-dealkylation sites (N-methyl/N-ethyl adjacent to an activating group) is 1. The zero-order valence-electron chi connectivity index (χ0n) is 11.1. The highest BCUT2D eigenvalue weighted by molar-refractivity contribution is 5.85. The van der Waals surface area contributed by atoms with Gasteiger partial charge in [0.25, 0.3) is 5.91 Å². The van der Waals surface area contributed by atoms with Crippen LogP contribution in [0, 0.1) is 5.92 Å². The van der Waals surface area contributed by atoms with E-state index in [0.717, 1.165) is 19.4 Å². The van der Waals surface area contributed by atoms with Crippen LogP contribution in [-0.4, -0.2) is 43.2 Å². The lowest BCUT2D eigenvalue weighted by molar-refractivity contribution is -0.141. The largest absolute Gasteiger partial charge is 0.364 e. The maximum absolute atomic E-state index is 12.2. The number of amides is 1. The number of rotatable bonds is 4. The molecule has 106 valence electrons. The number of hydrogen-bond acceptors (Lipinski definition) is 3. The van der Waals surface area contributed by atoms with Crippen LogP contribution >= 0.6 is 12.4 Å². The Morgan fingerprint density at radius 1 is 1.28 bits per heavy atom. The normalized spacial score (nSPS) is 28.1. The van der Waals surface area contributed by atoms with Gasteiger partial charge in [-0.3, -0.25) is 4.79 Å². The van der Waals surface area contributed by atoms with Crippen LogP contribution in [0.25, 0.3) is 0 Å². The Balaban J connectivity index is 0.00000162. The quantitative estimate of drug-likeness (QED) is 0.848. The van der Waals surface area contributed by atoms with Gasteiger partial charge in [0.05, 0.1) is 6.10 Å². The first-order valence-electron chi connectivity index (χ1n) is 6.81. The van der Waals surface area contributed by atoms with Crippen molar-refractivity contribution in [1.29, 1.82) is 0 Å². The van der Waals surface area contributed by atoms with Crippen molar-refractivity contribution in [2.75, 3.05) is 20.1 Å². The number of carbonyl (C=O) groups excluding carboxylic acids is 1. The maximum Gasteiger partial charge on any atom is 0.251 e. The molecule has 1 aliphatic heterocycles. The minimum absolute atomic E-state index is 0. The first kappa shape index (κ1) is 15.7. The minimum Gasteiger partial charge on any atom is -0.364 e. The van der Waals surface area contributed by atoms with E-state index in [4.69, 9.17) is 10.5 Å². The average Bonchev–Trinajstić information content (AvgIpc) is 2.98. The molecule has 1 aliphatic carbocycles. The number of nitrogens with zero attached hydrogens (tertiary/aromatic N) is 1. The minimum atomic E-state index is -0.241. The summed E-state index contributed by atoms with van der Waals surface area (Å²) in [6.07, 6.45) is 6.78. The van der Waals surface area contributed by atoms with Gasteiger partial charge in [-0.1, -0.05) is 12.8 Å². The number of halogens is 1. The van der Waals surface area contributed by atoms with Crippen LogP contribution in [0.5, 0.6) is 0 Å². The summed E-state index contributed by atoms with van der Waals surface area (Å²) in [5.41, 5.74) is 5.55. The summed E-state index contributed by atoms with van der Waals surface area (Å²) >= 11 is 0. The Morgan fingerprint density at radius 3 is 2.50 bits per heavy atom. The molecule has 2 aliphatic rings. The van der Waals surface area contributed by atoms with Crippen molar-refractivity contribution in [3.63, 3.8) is 0 Å². The Bertz CT molecular complexity index is 270. The fourth-order valence-corrected chi connectivity index (χ4v) is 2.98. The van der Waals surface area contributed by atoms with Crippen molar-refractivity contribution >= 4 is 18.3 Å². The Labute approximate surface area is 116 Å². The van der Waals surface area contributed by atoms with Gasteiger partial charge in [0.1, 0.15) is 6.10 Å². The Morgan fingerprint density at radius 2 is 1.94 bits per heavy atom. The molecule has 2 fully saturated rings. The summed E-state index contributed by atoms with van der Waals surface area (Å²) in [5.74, 6) is 0.850. The van der Waals surface area contributed by atoms with Crippen molar-refractivity contribution in [2.45, 2.75) is 50.7 Å². The molecule has 4 nitrogen and oxygen atoms in total. The Kier molecular flexibility index (Phi) is 6.39. The van der Waals surface area contributed by atoms with Gasteiger partial charge in [-0.2, -0.15) is 0 Å². The summed E-state index contributed by atoms with van der Waals surface area (Å²) < 4.78 is 5.64. The standard InChI is InChI=1S/C13H24N2O2.ClH/c1-15(9-10-4-2-3-5-10)13(16)12-7-6-11(8-14)17-12;/h10-12H,2-9,14H2,1H3;1H/t11-,12+;/m1./s1. The molecular weight excluding hydrogens is 252 g/mol. The lowest BCUT2D eigenvalue weighted by Crippen LogP contribution is -2.39. The molecule has 0 radical (unpaired) electrons. The van der Waals surface area contributed by atoms with Gasteiger partial charge in [-0.15, -0.1) is 12.4 Å². The van der Waals surface area contributed by atoms with E-state index in [-0.39, 0.29) is 30.5 Å². The van der Waals surface area contributed by atoms with E-state index in [1.54, 1.807) is 0 Å². The van der Waals surface area contributed by atoms with Crippen LogP contribution in [0.3, 0.4) is 0 Å². The lowest BCUT2D eigenvalue weighted by Gasteiger charge is -2.24. The number of nitrogens with two attached hydrogens (primary N) is 1. The number of hydrogen-bond donors (Lipinski definition) is 1. The third kappa shape index (κ3) is 3.84. The van der Waals surface area contributed by atoms with Gasteiger partial charge in [-0.25, -0.2) is 0 Å². The molecule has 0 spiro atoms. The van der Waals surface area contributed by atoms with Crippen molar-refractivity contribution in [3.05, 3.63) is 0 Å². The van der Waals surface area contributed by atoms with Crippen LogP contribution in [0.4, 0.5) is 0 Å². The SMILES string of the molecule is CN(CC1CCCC1)C(=O)[C@@H]1CC[C@H](CN)O1.Cl. The van der Waals surface area contributed by atoms with Gasteiger partial charge in [0, 0.05) is 20.1 Å². The van der Waals surface area contributed by atoms with Gasteiger partial charge in [0.15, 0.2) is 0 Å². The van der Waals surface area contributed by atoms with Crippen LogP contribution in [-0.2, 0) is 9.53 Å². The van der Waals surface area contributed by atoms with E-state index in [1.807, 2.05) is 11.9 Å². The first-order chi connectivity index (χ1) is 8.20. The van der Waals surface area contributed by atoms with Crippen LogP contribution in [0.1, 0.15) is 38.5 Å². The highest BCUT2D eigenvalue weighted by Gasteiger charge is 2.32. The molecule has 18 heavy (non-hydrogen) atoms. The Hall–Kier alpha value is -0.320. The molecule has 0 aromatic rings. The van der Waals surface area contributed by atoms with E-state index in [9.17, 15) is 4.79 Å². The fraction of sp³-hybridized carbons (Fsp3) is 0.923. The molecule has 1 amide bonds. The fourth-order valence-electron chi connectivity index (χ4n) is 2.98. The smallest absolute Gasteiger partial charge is 0.251 e. The second-order valence-electron chi connectivity index (χ2n) is 5.43. The summed E-state index contributed by atoms with van der Waals surface area (Å²) in [7, 11) is 1.90. The van der Waals surface area contributed by atoms with Gasteiger partial charge in [-0.05, 0) is 31.6 Å². The summed E-state index contributed by atoms with van der Waals surface area (Å²) in [6.45, 7) is 1.42. The van der Waals surface area contributed by atoms with Gasteiger partial charge >= 0.3 is 0 Å². The highest BCUT2D eigenvalue weighted by atomic mass is 35.5. The third-order valence-electron chi connectivity index (χ3n) is 4.03. The molecule has 0 aromatic carbocycles. The molecule has 2 N–H and O–H groups in total. The highest BCUT2D eigenvalue weighted by Crippen LogP contribution is 2.26. The zero-order valence-corrected chi connectivity index (χ0v) is 12.0.